The van der Waals surface area contributed by atoms with Gasteiger partial charge in [0.15, 0.2) is 0 Å². The Morgan fingerprint density at radius 3 is 2.73 bits per heavy atom. The summed E-state index contributed by atoms with van der Waals surface area (Å²) in [5.74, 6) is 1.76. The van der Waals surface area contributed by atoms with E-state index in [0.717, 1.165) is 61.6 Å². The van der Waals surface area contributed by atoms with Gasteiger partial charge in [0.1, 0.15) is 11.0 Å². The number of aromatic nitrogens is 4. The van der Waals surface area contributed by atoms with Crippen molar-refractivity contribution in [1.82, 2.24) is 19.9 Å². The number of fused-ring (bicyclic) bond motifs is 1. The molecule has 3 aromatic heterocycles. The molecule has 2 aliphatic heterocycles. The van der Waals surface area contributed by atoms with E-state index in [1.165, 1.54) is 0 Å². The first-order valence-corrected chi connectivity index (χ1v) is 9.34. The Labute approximate surface area is 156 Å². The SMILES string of the molecule is Clc1cc2ncccc2c(N2CCC3(CCCN3c3ncccn3)C2)n1. The lowest BCUT2D eigenvalue weighted by Gasteiger charge is -2.35. The number of anilines is 2. The molecule has 5 heterocycles. The van der Waals surface area contributed by atoms with Crippen molar-refractivity contribution in [3.63, 3.8) is 0 Å². The minimum Gasteiger partial charge on any atom is -0.354 e. The van der Waals surface area contributed by atoms with Gasteiger partial charge >= 0.3 is 0 Å². The Morgan fingerprint density at radius 1 is 1.00 bits per heavy atom. The molecule has 132 valence electrons. The third-order valence-corrected chi connectivity index (χ3v) is 5.76. The minimum atomic E-state index is 0.0693. The molecule has 2 aliphatic rings. The van der Waals surface area contributed by atoms with Crippen molar-refractivity contribution in [2.45, 2.75) is 24.8 Å². The largest absolute Gasteiger partial charge is 0.354 e. The predicted molar refractivity (Wildman–Crippen MR) is 103 cm³/mol. The minimum absolute atomic E-state index is 0.0693. The van der Waals surface area contributed by atoms with Gasteiger partial charge in [0.25, 0.3) is 0 Å². The van der Waals surface area contributed by atoms with Gasteiger partial charge in [-0.15, -0.1) is 0 Å². The van der Waals surface area contributed by atoms with Crippen LogP contribution in [0.4, 0.5) is 11.8 Å². The maximum atomic E-state index is 6.27. The van der Waals surface area contributed by atoms with Gasteiger partial charge in [0.2, 0.25) is 5.95 Å². The van der Waals surface area contributed by atoms with Crippen LogP contribution in [-0.4, -0.2) is 45.1 Å². The van der Waals surface area contributed by atoms with Crippen LogP contribution in [-0.2, 0) is 0 Å². The molecule has 1 unspecified atom stereocenters. The summed E-state index contributed by atoms with van der Waals surface area (Å²) < 4.78 is 0. The van der Waals surface area contributed by atoms with Crippen molar-refractivity contribution in [2.75, 3.05) is 29.4 Å². The van der Waals surface area contributed by atoms with E-state index in [-0.39, 0.29) is 5.54 Å². The van der Waals surface area contributed by atoms with Gasteiger partial charge in [0.05, 0.1) is 11.1 Å². The molecule has 0 aliphatic carbocycles. The van der Waals surface area contributed by atoms with Crippen molar-refractivity contribution in [3.05, 3.63) is 48.0 Å². The molecule has 0 N–H and O–H groups in total. The molecule has 1 atom stereocenters. The van der Waals surface area contributed by atoms with E-state index >= 15 is 0 Å². The monoisotopic (exact) mass is 366 g/mol. The number of hydrogen-bond acceptors (Lipinski definition) is 6. The molecule has 2 saturated heterocycles. The summed E-state index contributed by atoms with van der Waals surface area (Å²) in [5.41, 5.74) is 0.956. The maximum absolute atomic E-state index is 6.27. The molecule has 1 spiro atoms. The molecule has 0 bridgehead atoms. The fourth-order valence-corrected chi connectivity index (χ4v) is 4.60. The zero-order valence-electron chi connectivity index (χ0n) is 14.3. The quantitative estimate of drug-likeness (QED) is 0.648. The first-order valence-electron chi connectivity index (χ1n) is 8.96. The van der Waals surface area contributed by atoms with Gasteiger partial charge in [0, 0.05) is 49.7 Å². The van der Waals surface area contributed by atoms with Crippen LogP contribution in [0.5, 0.6) is 0 Å². The highest BCUT2D eigenvalue weighted by molar-refractivity contribution is 6.30. The van der Waals surface area contributed by atoms with Crippen LogP contribution in [0.15, 0.2) is 42.9 Å². The fraction of sp³-hybridized carbons (Fsp3) is 0.368. The second-order valence-corrected chi connectivity index (χ2v) is 7.43. The maximum Gasteiger partial charge on any atom is 0.225 e. The Bertz CT molecular complexity index is 949. The summed E-state index contributed by atoms with van der Waals surface area (Å²) in [6, 6.07) is 7.71. The van der Waals surface area contributed by atoms with E-state index in [9.17, 15) is 0 Å². The molecule has 0 amide bonds. The van der Waals surface area contributed by atoms with Gasteiger partial charge in [-0.1, -0.05) is 11.6 Å². The van der Waals surface area contributed by atoms with Crippen LogP contribution in [0.2, 0.25) is 5.15 Å². The molecule has 0 radical (unpaired) electrons. The number of halogens is 1. The second-order valence-electron chi connectivity index (χ2n) is 7.04. The van der Waals surface area contributed by atoms with Crippen molar-refractivity contribution in [3.8, 4) is 0 Å². The highest BCUT2D eigenvalue weighted by Gasteiger charge is 2.47. The lowest BCUT2D eigenvalue weighted by Crippen LogP contribution is -2.47. The Hall–Kier alpha value is -2.47. The third kappa shape index (κ3) is 2.48. The topological polar surface area (TPSA) is 58.0 Å². The van der Waals surface area contributed by atoms with Crippen LogP contribution in [0.1, 0.15) is 19.3 Å². The Kier molecular flexibility index (Phi) is 3.67. The van der Waals surface area contributed by atoms with Crippen molar-refractivity contribution < 1.29 is 0 Å². The standard InChI is InChI=1S/C19H19ClN6/c20-16-12-15-14(4-1-7-21-15)17(24-16)25-11-6-19(13-25)5-2-10-26(19)18-22-8-3-9-23-18/h1,3-4,7-9,12H,2,5-6,10-11,13H2. The van der Waals surface area contributed by atoms with E-state index < -0.39 is 0 Å². The number of rotatable bonds is 2. The van der Waals surface area contributed by atoms with E-state index in [4.69, 9.17) is 11.6 Å². The van der Waals surface area contributed by atoms with Gasteiger partial charge in [-0.05, 0) is 37.5 Å². The summed E-state index contributed by atoms with van der Waals surface area (Å²) in [6.45, 7) is 2.85. The van der Waals surface area contributed by atoms with Crippen molar-refractivity contribution in [1.29, 1.82) is 0 Å². The number of hydrogen-bond donors (Lipinski definition) is 0. The Morgan fingerprint density at radius 2 is 1.85 bits per heavy atom. The molecular formula is C19H19ClN6. The predicted octanol–water partition coefficient (Wildman–Crippen LogP) is 3.32. The van der Waals surface area contributed by atoms with Gasteiger partial charge < -0.3 is 9.80 Å². The second kappa shape index (κ2) is 6.06. The normalized spacial score (nSPS) is 22.7. The third-order valence-electron chi connectivity index (χ3n) is 5.57. The van der Waals surface area contributed by atoms with Crippen molar-refractivity contribution >= 4 is 34.3 Å². The molecule has 7 heteroatoms. The first-order chi connectivity index (χ1) is 12.8. The molecular weight excluding hydrogens is 348 g/mol. The molecule has 2 fully saturated rings. The van der Waals surface area contributed by atoms with Crippen LogP contribution in [0, 0.1) is 0 Å². The van der Waals surface area contributed by atoms with E-state index in [2.05, 4.69) is 35.8 Å². The summed E-state index contributed by atoms with van der Waals surface area (Å²) >= 11 is 6.27. The molecule has 26 heavy (non-hydrogen) atoms. The van der Waals surface area contributed by atoms with Crippen LogP contribution in [0.25, 0.3) is 10.9 Å². The van der Waals surface area contributed by atoms with Crippen LogP contribution >= 0.6 is 11.6 Å². The number of pyridine rings is 2. The summed E-state index contributed by atoms with van der Waals surface area (Å²) in [4.78, 5) is 22.8. The lowest BCUT2D eigenvalue weighted by molar-refractivity contribution is 0.465. The van der Waals surface area contributed by atoms with Gasteiger partial charge in [-0.3, -0.25) is 4.98 Å². The molecule has 6 nitrogen and oxygen atoms in total. The molecule has 0 aromatic carbocycles. The van der Waals surface area contributed by atoms with E-state index in [1.807, 2.05) is 30.6 Å². The lowest BCUT2D eigenvalue weighted by atomic mass is 9.95. The highest BCUT2D eigenvalue weighted by atomic mass is 35.5. The summed E-state index contributed by atoms with van der Waals surface area (Å²) in [6.07, 6.45) is 8.81. The number of nitrogens with zero attached hydrogens (tertiary/aromatic N) is 6. The van der Waals surface area contributed by atoms with Gasteiger partial charge in [-0.25, -0.2) is 15.0 Å². The molecule has 3 aromatic rings. The average Bonchev–Trinajstić information content (AvgIpc) is 3.29. The summed E-state index contributed by atoms with van der Waals surface area (Å²) in [7, 11) is 0. The van der Waals surface area contributed by atoms with Gasteiger partial charge in [-0.2, -0.15) is 0 Å². The zero-order chi connectivity index (χ0) is 17.6. The fourth-order valence-electron chi connectivity index (χ4n) is 4.41. The smallest absolute Gasteiger partial charge is 0.225 e. The summed E-state index contributed by atoms with van der Waals surface area (Å²) in [5, 5.41) is 1.54. The highest BCUT2D eigenvalue weighted by Crippen LogP contribution is 2.41. The van der Waals surface area contributed by atoms with Crippen molar-refractivity contribution in [2.24, 2.45) is 0 Å². The Balaban J connectivity index is 1.51. The van der Waals surface area contributed by atoms with E-state index in [1.54, 1.807) is 6.20 Å². The average molecular weight is 367 g/mol. The van der Waals surface area contributed by atoms with E-state index in [0.29, 0.717) is 5.15 Å². The van der Waals surface area contributed by atoms with Crippen LogP contribution < -0.4 is 9.80 Å². The molecule has 5 rings (SSSR count). The molecule has 0 saturated carbocycles. The van der Waals surface area contributed by atoms with Crippen LogP contribution in [0.3, 0.4) is 0 Å². The first kappa shape index (κ1) is 15.8. The zero-order valence-corrected chi connectivity index (χ0v) is 15.1.